The Morgan fingerprint density at radius 2 is 1.86 bits per heavy atom. The zero-order chi connectivity index (χ0) is 16.5. The number of fused-ring (bicyclic) bond motifs is 1. The van der Waals surface area contributed by atoms with Gasteiger partial charge >= 0.3 is 0 Å². The molecule has 3 rings (SSSR count). The van der Waals surface area contributed by atoms with Crippen molar-refractivity contribution in [3.05, 3.63) is 47.7 Å². The predicted octanol–water partition coefficient (Wildman–Crippen LogP) is 3.26. The largest absolute Gasteiger partial charge is 0.397 e. The molecule has 0 saturated carbocycles. The van der Waals surface area contributed by atoms with Gasteiger partial charge in [-0.2, -0.15) is 5.10 Å². The van der Waals surface area contributed by atoms with Gasteiger partial charge in [0.25, 0.3) is 0 Å². The van der Waals surface area contributed by atoms with Crippen LogP contribution in [-0.4, -0.2) is 26.4 Å². The van der Waals surface area contributed by atoms with Crippen LogP contribution in [0.25, 0.3) is 10.9 Å². The average molecular weight is 298 g/mol. The number of rotatable bonds is 1. The third-order valence-corrected chi connectivity index (χ3v) is 2.69. The van der Waals surface area contributed by atoms with E-state index in [1.807, 2.05) is 39.8 Å². The van der Waals surface area contributed by atoms with E-state index in [1.54, 1.807) is 18.5 Å². The van der Waals surface area contributed by atoms with E-state index in [0.29, 0.717) is 11.4 Å². The molecule has 0 spiro atoms. The van der Waals surface area contributed by atoms with Crippen molar-refractivity contribution in [1.29, 1.82) is 5.41 Å². The molecule has 3 aromatic rings. The minimum Gasteiger partial charge on any atom is -0.397 e. The molecule has 6 heteroatoms. The van der Waals surface area contributed by atoms with Crippen LogP contribution in [-0.2, 0) is 0 Å². The maximum atomic E-state index is 6.91. The molecule has 0 aliphatic heterocycles. The summed E-state index contributed by atoms with van der Waals surface area (Å²) in [6.45, 7) is 7.83. The second kappa shape index (κ2) is 8.51. The van der Waals surface area contributed by atoms with Crippen molar-refractivity contribution in [3.8, 4) is 0 Å². The Balaban J connectivity index is 0.000000198. The fourth-order valence-electron chi connectivity index (χ4n) is 1.66. The second-order valence-electron chi connectivity index (χ2n) is 4.35. The number of pyridine rings is 2. The molecule has 0 aliphatic carbocycles. The number of aryl methyl sites for hydroxylation is 2. The van der Waals surface area contributed by atoms with Gasteiger partial charge in [0.15, 0.2) is 0 Å². The second-order valence-corrected chi connectivity index (χ2v) is 4.35. The van der Waals surface area contributed by atoms with Crippen molar-refractivity contribution >= 4 is 22.8 Å². The lowest BCUT2D eigenvalue weighted by Gasteiger charge is -1.97. The number of hydrogen-bond acceptors (Lipinski definition) is 5. The molecule has 0 unspecified atom stereocenters. The maximum Gasteiger partial charge on any atom is 0.104 e. The lowest BCUT2D eigenvalue weighted by molar-refractivity contribution is 1.11. The van der Waals surface area contributed by atoms with E-state index in [2.05, 4.69) is 20.2 Å². The van der Waals surface area contributed by atoms with E-state index < -0.39 is 0 Å². The molecule has 0 aliphatic rings. The number of aromatic nitrogens is 4. The number of hydrogen-bond donors (Lipinski definition) is 3. The maximum absolute atomic E-state index is 6.91. The van der Waals surface area contributed by atoms with Crippen molar-refractivity contribution in [1.82, 2.24) is 20.2 Å². The van der Waals surface area contributed by atoms with Crippen LogP contribution in [0, 0.1) is 19.3 Å². The van der Waals surface area contributed by atoms with Crippen LogP contribution in [0.15, 0.2) is 30.6 Å². The molecule has 0 fully saturated rings. The summed E-state index contributed by atoms with van der Waals surface area (Å²) < 4.78 is 0. The van der Waals surface area contributed by atoms with E-state index in [-0.39, 0.29) is 0 Å². The Morgan fingerprint density at radius 3 is 2.50 bits per heavy atom. The number of nitrogens with zero attached hydrogens (tertiary/aromatic N) is 3. The van der Waals surface area contributed by atoms with Crippen LogP contribution < -0.4 is 5.73 Å². The number of nitrogens with two attached hydrogens (primary N) is 1. The first kappa shape index (κ1) is 17.3. The molecule has 3 heterocycles. The summed E-state index contributed by atoms with van der Waals surface area (Å²) in [5.74, 6) is 0. The smallest absolute Gasteiger partial charge is 0.104 e. The van der Waals surface area contributed by atoms with Crippen LogP contribution in [0.1, 0.15) is 30.9 Å². The molecule has 0 radical (unpaired) electrons. The molecule has 22 heavy (non-hydrogen) atoms. The fourth-order valence-corrected chi connectivity index (χ4v) is 1.66. The van der Waals surface area contributed by atoms with Gasteiger partial charge < -0.3 is 11.1 Å². The summed E-state index contributed by atoms with van der Waals surface area (Å²) in [5.41, 5.74) is 9.48. The Labute approximate surface area is 130 Å². The minimum absolute atomic E-state index is 0.542. The van der Waals surface area contributed by atoms with Gasteiger partial charge in [0.1, 0.15) is 5.69 Å². The lowest BCUT2D eigenvalue weighted by Crippen LogP contribution is -1.96. The van der Waals surface area contributed by atoms with Gasteiger partial charge in [-0.05, 0) is 32.0 Å². The average Bonchev–Trinajstić information content (AvgIpc) is 2.99. The van der Waals surface area contributed by atoms with Gasteiger partial charge in [-0.3, -0.25) is 10.1 Å². The van der Waals surface area contributed by atoms with Crippen LogP contribution >= 0.6 is 0 Å². The topological polar surface area (TPSA) is 104 Å². The number of anilines is 1. The van der Waals surface area contributed by atoms with Gasteiger partial charge in [-0.25, -0.2) is 4.98 Å². The molecule has 6 nitrogen and oxygen atoms in total. The lowest BCUT2D eigenvalue weighted by atomic mass is 10.3. The summed E-state index contributed by atoms with van der Waals surface area (Å²) in [6, 6.07) is 5.57. The third-order valence-electron chi connectivity index (χ3n) is 2.69. The first-order chi connectivity index (χ1) is 10.6. The summed E-state index contributed by atoms with van der Waals surface area (Å²) >= 11 is 0. The zero-order valence-corrected chi connectivity index (χ0v) is 13.4. The Bertz CT molecular complexity index is 732. The van der Waals surface area contributed by atoms with Gasteiger partial charge in [0.2, 0.25) is 0 Å². The fraction of sp³-hybridized carbons (Fsp3) is 0.250. The Hall–Kier alpha value is -2.76. The molecular weight excluding hydrogens is 276 g/mol. The molecule has 3 aromatic heterocycles. The summed E-state index contributed by atoms with van der Waals surface area (Å²) in [7, 11) is 0. The number of aromatic amines is 1. The Morgan fingerprint density at radius 1 is 1.14 bits per heavy atom. The highest BCUT2D eigenvalue weighted by Crippen LogP contribution is 2.08. The standard InChI is InChI=1S/C7H7N3.C7H9N3.C2H6/c1-5-2-6-3-9-10-7(6)4-8-5;1-5-2-3-6(9)7(4-8)10-5;1-2/h2-4H,1H3,(H,9,10);2-4,8H,9H2,1H3;1-2H3. The van der Waals surface area contributed by atoms with Crippen molar-refractivity contribution in [2.45, 2.75) is 27.7 Å². The molecule has 0 aromatic carbocycles. The number of nitrogen functional groups attached to an aromatic ring is 1. The highest BCUT2D eigenvalue weighted by molar-refractivity contribution is 5.81. The highest BCUT2D eigenvalue weighted by Gasteiger charge is 1.95. The normalized spacial score (nSPS) is 9.27. The number of H-pyrrole nitrogens is 1. The van der Waals surface area contributed by atoms with Crippen molar-refractivity contribution in [2.24, 2.45) is 0 Å². The van der Waals surface area contributed by atoms with Crippen molar-refractivity contribution < 1.29 is 0 Å². The monoisotopic (exact) mass is 298 g/mol. The predicted molar refractivity (Wildman–Crippen MR) is 91.2 cm³/mol. The summed E-state index contributed by atoms with van der Waals surface area (Å²) in [5, 5.41) is 14.7. The van der Waals surface area contributed by atoms with Crippen LogP contribution in [0.5, 0.6) is 0 Å². The van der Waals surface area contributed by atoms with Gasteiger partial charge in [-0.1, -0.05) is 13.8 Å². The van der Waals surface area contributed by atoms with E-state index in [0.717, 1.165) is 28.5 Å². The zero-order valence-electron chi connectivity index (χ0n) is 13.4. The van der Waals surface area contributed by atoms with E-state index >= 15 is 0 Å². The van der Waals surface area contributed by atoms with E-state index in [9.17, 15) is 0 Å². The van der Waals surface area contributed by atoms with Gasteiger partial charge in [-0.15, -0.1) is 0 Å². The van der Waals surface area contributed by atoms with Crippen LogP contribution in [0.2, 0.25) is 0 Å². The quantitative estimate of drug-likeness (QED) is 0.600. The first-order valence-corrected chi connectivity index (χ1v) is 7.09. The SMILES string of the molecule is CC.Cc1cc2cn[nH]c2cn1.Cc1ccc(N)c(C=N)n1. The van der Waals surface area contributed by atoms with Crippen molar-refractivity contribution in [3.63, 3.8) is 0 Å². The van der Waals surface area contributed by atoms with Crippen LogP contribution in [0.3, 0.4) is 0 Å². The van der Waals surface area contributed by atoms with Crippen LogP contribution in [0.4, 0.5) is 5.69 Å². The van der Waals surface area contributed by atoms with Gasteiger partial charge in [0.05, 0.1) is 23.6 Å². The summed E-state index contributed by atoms with van der Waals surface area (Å²) in [6.07, 6.45) is 4.74. The number of nitrogens with one attached hydrogen (secondary N) is 2. The molecule has 0 bridgehead atoms. The van der Waals surface area contributed by atoms with Crippen molar-refractivity contribution in [2.75, 3.05) is 5.73 Å². The highest BCUT2D eigenvalue weighted by atomic mass is 15.1. The molecular formula is C16H22N6. The molecule has 116 valence electrons. The molecule has 0 atom stereocenters. The summed E-state index contributed by atoms with van der Waals surface area (Å²) in [4.78, 5) is 8.13. The molecule has 0 amide bonds. The molecule has 4 N–H and O–H groups in total. The minimum atomic E-state index is 0.542. The van der Waals surface area contributed by atoms with E-state index in [4.69, 9.17) is 11.1 Å². The molecule has 0 saturated heterocycles. The first-order valence-electron chi connectivity index (χ1n) is 7.09. The van der Waals surface area contributed by atoms with Gasteiger partial charge in [0, 0.05) is 23.0 Å². The third kappa shape index (κ3) is 4.66. The Kier molecular flexibility index (Phi) is 6.69. The van der Waals surface area contributed by atoms with E-state index in [1.165, 1.54) is 0 Å².